The van der Waals surface area contributed by atoms with Gasteiger partial charge in [0.05, 0.1) is 23.9 Å². The molecule has 15 heavy (non-hydrogen) atoms. The summed E-state index contributed by atoms with van der Waals surface area (Å²) in [5.41, 5.74) is 6.11. The van der Waals surface area contributed by atoms with Crippen LogP contribution in [0.5, 0.6) is 0 Å². The summed E-state index contributed by atoms with van der Waals surface area (Å²) in [7, 11) is 1.21. The average Bonchev–Trinajstić information content (AvgIpc) is 2.19. The molecule has 0 aliphatic carbocycles. The van der Waals surface area contributed by atoms with Crippen LogP contribution in [0.1, 0.15) is 26.3 Å². The lowest BCUT2D eigenvalue weighted by atomic mass is 10.0. The standard InChI is InChI=1S/C10H11NO4/c1-5-3-6(9(12)13)8(11)7(4-5)10(14)15-2/h3-4H,11H2,1-2H3,(H,12,13). The molecule has 3 N–H and O–H groups in total. The van der Waals surface area contributed by atoms with Crippen LogP contribution in [0.4, 0.5) is 5.69 Å². The minimum absolute atomic E-state index is 0.0695. The van der Waals surface area contributed by atoms with Gasteiger partial charge in [0.1, 0.15) is 0 Å². The molecule has 0 radical (unpaired) electrons. The second-order valence-corrected chi connectivity index (χ2v) is 3.07. The highest BCUT2D eigenvalue weighted by atomic mass is 16.5. The van der Waals surface area contributed by atoms with Crippen molar-refractivity contribution in [2.24, 2.45) is 0 Å². The average molecular weight is 209 g/mol. The normalized spacial score (nSPS) is 9.73. The molecule has 0 unspecified atom stereocenters. The van der Waals surface area contributed by atoms with Crippen LogP contribution in [0.15, 0.2) is 12.1 Å². The number of carboxylic acid groups (broad SMARTS) is 1. The van der Waals surface area contributed by atoms with E-state index < -0.39 is 11.9 Å². The fourth-order valence-electron chi connectivity index (χ4n) is 1.25. The van der Waals surface area contributed by atoms with Crippen LogP contribution in [-0.4, -0.2) is 24.2 Å². The molecule has 5 nitrogen and oxygen atoms in total. The Hall–Kier alpha value is -2.04. The van der Waals surface area contributed by atoms with Gasteiger partial charge < -0.3 is 15.6 Å². The monoisotopic (exact) mass is 209 g/mol. The van der Waals surface area contributed by atoms with Crippen LogP contribution in [0, 0.1) is 6.92 Å². The SMILES string of the molecule is COC(=O)c1cc(C)cc(C(=O)O)c1N. The van der Waals surface area contributed by atoms with Crippen molar-refractivity contribution in [3.05, 3.63) is 28.8 Å². The van der Waals surface area contributed by atoms with Crippen LogP contribution >= 0.6 is 0 Å². The second kappa shape index (κ2) is 4.00. The number of aryl methyl sites for hydroxylation is 1. The van der Waals surface area contributed by atoms with Crippen molar-refractivity contribution in [1.82, 2.24) is 0 Å². The quantitative estimate of drug-likeness (QED) is 0.561. The van der Waals surface area contributed by atoms with E-state index in [4.69, 9.17) is 10.8 Å². The summed E-state index contributed by atoms with van der Waals surface area (Å²) in [6.45, 7) is 1.68. The second-order valence-electron chi connectivity index (χ2n) is 3.07. The minimum atomic E-state index is -1.17. The van der Waals surface area contributed by atoms with E-state index in [0.29, 0.717) is 5.56 Å². The molecule has 0 saturated heterocycles. The number of rotatable bonds is 2. The van der Waals surface area contributed by atoms with Gasteiger partial charge >= 0.3 is 11.9 Å². The number of hydrogen-bond acceptors (Lipinski definition) is 4. The Labute approximate surface area is 86.5 Å². The lowest BCUT2D eigenvalue weighted by molar-refractivity contribution is 0.0602. The zero-order valence-corrected chi connectivity index (χ0v) is 8.40. The number of carboxylic acids is 1. The molecule has 1 aromatic carbocycles. The van der Waals surface area contributed by atoms with Gasteiger partial charge in [-0.3, -0.25) is 0 Å². The number of nitrogen functional groups attached to an aromatic ring is 1. The van der Waals surface area contributed by atoms with Crippen molar-refractivity contribution < 1.29 is 19.4 Å². The van der Waals surface area contributed by atoms with E-state index in [-0.39, 0.29) is 16.8 Å². The number of esters is 1. The molecular formula is C10H11NO4. The molecular weight excluding hydrogens is 198 g/mol. The summed E-state index contributed by atoms with van der Waals surface area (Å²) in [5, 5.41) is 8.84. The summed E-state index contributed by atoms with van der Waals surface area (Å²) < 4.78 is 4.49. The molecule has 0 amide bonds. The number of anilines is 1. The first kappa shape index (κ1) is 11.0. The summed E-state index contributed by atoms with van der Waals surface area (Å²) in [4.78, 5) is 22.1. The van der Waals surface area contributed by atoms with Crippen molar-refractivity contribution in [2.75, 3.05) is 12.8 Å². The Kier molecular flexibility index (Phi) is 2.94. The molecule has 0 spiro atoms. The first-order chi connectivity index (χ1) is 6.97. The molecule has 0 fully saturated rings. The Morgan fingerprint density at radius 2 is 1.87 bits per heavy atom. The summed E-state index contributed by atoms with van der Waals surface area (Å²) in [6, 6.07) is 2.90. The predicted molar refractivity (Wildman–Crippen MR) is 53.9 cm³/mol. The van der Waals surface area contributed by atoms with Crippen LogP contribution in [-0.2, 0) is 4.74 Å². The molecule has 0 saturated carbocycles. The van der Waals surface area contributed by atoms with Gasteiger partial charge in [-0.05, 0) is 24.6 Å². The zero-order valence-electron chi connectivity index (χ0n) is 8.40. The van der Waals surface area contributed by atoms with E-state index in [1.54, 1.807) is 6.92 Å². The summed E-state index contributed by atoms with van der Waals surface area (Å²) >= 11 is 0. The number of hydrogen-bond donors (Lipinski definition) is 2. The van der Waals surface area contributed by atoms with Gasteiger partial charge in [-0.25, -0.2) is 9.59 Å². The molecule has 0 atom stereocenters. The molecule has 0 aliphatic heterocycles. The topological polar surface area (TPSA) is 89.6 Å². The van der Waals surface area contributed by atoms with E-state index in [9.17, 15) is 9.59 Å². The third-order valence-electron chi connectivity index (χ3n) is 1.96. The van der Waals surface area contributed by atoms with Crippen LogP contribution in [0.3, 0.4) is 0 Å². The van der Waals surface area contributed by atoms with Crippen molar-refractivity contribution in [2.45, 2.75) is 6.92 Å². The van der Waals surface area contributed by atoms with Gasteiger partial charge in [0, 0.05) is 0 Å². The maximum atomic E-state index is 11.3. The van der Waals surface area contributed by atoms with Crippen molar-refractivity contribution in [3.8, 4) is 0 Å². The molecule has 0 aliphatic rings. The van der Waals surface area contributed by atoms with E-state index in [1.165, 1.54) is 19.2 Å². The van der Waals surface area contributed by atoms with Gasteiger partial charge in [-0.2, -0.15) is 0 Å². The molecule has 0 aromatic heterocycles. The number of carbonyl (C=O) groups excluding carboxylic acids is 1. The van der Waals surface area contributed by atoms with Crippen LogP contribution in [0.25, 0.3) is 0 Å². The smallest absolute Gasteiger partial charge is 0.339 e. The Morgan fingerprint density at radius 1 is 1.33 bits per heavy atom. The molecule has 5 heteroatoms. The first-order valence-electron chi connectivity index (χ1n) is 4.19. The predicted octanol–water partition coefficient (Wildman–Crippen LogP) is 1.06. The number of nitrogens with two attached hydrogens (primary N) is 1. The van der Waals surface area contributed by atoms with Crippen molar-refractivity contribution in [3.63, 3.8) is 0 Å². The Bertz CT molecular complexity index is 426. The van der Waals surface area contributed by atoms with E-state index in [1.807, 2.05) is 0 Å². The largest absolute Gasteiger partial charge is 0.478 e. The zero-order chi connectivity index (χ0) is 11.6. The number of benzene rings is 1. The van der Waals surface area contributed by atoms with Crippen LogP contribution < -0.4 is 5.73 Å². The van der Waals surface area contributed by atoms with Crippen LogP contribution in [0.2, 0.25) is 0 Å². The number of methoxy groups -OCH3 is 1. The van der Waals surface area contributed by atoms with Gasteiger partial charge in [-0.15, -0.1) is 0 Å². The maximum Gasteiger partial charge on any atom is 0.339 e. The van der Waals surface area contributed by atoms with Gasteiger partial charge in [0.15, 0.2) is 0 Å². The summed E-state index contributed by atoms with van der Waals surface area (Å²) in [6.07, 6.45) is 0. The summed E-state index contributed by atoms with van der Waals surface area (Å²) in [5.74, 6) is -1.81. The molecule has 80 valence electrons. The van der Waals surface area contributed by atoms with Crippen molar-refractivity contribution in [1.29, 1.82) is 0 Å². The van der Waals surface area contributed by atoms with Crippen molar-refractivity contribution >= 4 is 17.6 Å². The number of ether oxygens (including phenoxy) is 1. The van der Waals surface area contributed by atoms with Gasteiger partial charge in [0.25, 0.3) is 0 Å². The van der Waals surface area contributed by atoms with E-state index in [0.717, 1.165) is 0 Å². The molecule has 0 bridgehead atoms. The first-order valence-corrected chi connectivity index (χ1v) is 4.19. The highest BCUT2D eigenvalue weighted by Crippen LogP contribution is 2.20. The lowest BCUT2D eigenvalue weighted by Crippen LogP contribution is -2.11. The third kappa shape index (κ3) is 2.07. The number of carbonyl (C=O) groups is 2. The van der Waals surface area contributed by atoms with Gasteiger partial charge in [-0.1, -0.05) is 0 Å². The Balaban J connectivity index is 3.41. The third-order valence-corrected chi connectivity index (χ3v) is 1.96. The van der Waals surface area contributed by atoms with E-state index >= 15 is 0 Å². The lowest BCUT2D eigenvalue weighted by Gasteiger charge is -2.08. The minimum Gasteiger partial charge on any atom is -0.478 e. The maximum absolute atomic E-state index is 11.3. The molecule has 0 heterocycles. The van der Waals surface area contributed by atoms with Gasteiger partial charge in [0.2, 0.25) is 0 Å². The van der Waals surface area contributed by atoms with E-state index in [2.05, 4.69) is 4.74 Å². The fourth-order valence-corrected chi connectivity index (χ4v) is 1.25. The molecule has 1 rings (SSSR count). The highest BCUT2D eigenvalue weighted by molar-refractivity contribution is 6.03. The highest BCUT2D eigenvalue weighted by Gasteiger charge is 2.17. The Morgan fingerprint density at radius 3 is 2.33 bits per heavy atom. The fraction of sp³-hybridized carbons (Fsp3) is 0.200. The number of aromatic carboxylic acids is 1. The molecule has 1 aromatic rings.